The van der Waals surface area contributed by atoms with Crippen LogP contribution in [0, 0.1) is 5.82 Å². The molecule has 0 radical (unpaired) electrons. The fourth-order valence-electron chi connectivity index (χ4n) is 1.85. The molecule has 21 heavy (non-hydrogen) atoms. The van der Waals surface area contributed by atoms with Crippen molar-refractivity contribution in [2.45, 2.75) is 18.0 Å². The van der Waals surface area contributed by atoms with Gasteiger partial charge in [0, 0.05) is 25.0 Å². The number of benzene rings is 1. The fraction of sp³-hybridized carbons (Fsp3) is 0.231. The highest BCUT2D eigenvalue weighted by atomic mass is 35.5. The predicted octanol–water partition coefficient (Wildman–Crippen LogP) is 2.82. The van der Waals surface area contributed by atoms with E-state index < -0.39 is 15.8 Å². The Bertz CT molecular complexity index is 746. The minimum atomic E-state index is -3.82. The normalized spacial score (nSPS) is 12.0. The van der Waals surface area contributed by atoms with Crippen molar-refractivity contribution >= 4 is 33.0 Å². The van der Waals surface area contributed by atoms with E-state index in [1.165, 1.54) is 30.5 Å². The first-order chi connectivity index (χ1) is 9.84. The second-order valence-electron chi connectivity index (χ2n) is 4.42. The summed E-state index contributed by atoms with van der Waals surface area (Å²) in [5.74, 6) is -0.613. The van der Waals surface area contributed by atoms with Gasteiger partial charge in [-0.05, 0) is 29.8 Å². The van der Waals surface area contributed by atoms with Gasteiger partial charge in [-0.1, -0.05) is 17.7 Å². The average Bonchev–Trinajstić information content (AvgIpc) is 2.84. The van der Waals surface area contributed by atoms with Crippen LogP contribution in [0.3, 0.4) is 0 Å². The lowest BCUT2D eigenvalue weighted by Gasteiger charge is -2.18. The summed E-state index contributed by atoms with van der Waals surface area (Å²) in [5, 5.41) is 0. The van der Waals surface area contributed by atoms with Crippen LogP contribution in [-0.4, -0.2) is 19.8 Å². The molecule has 0 atom stereocenters. The van der Waals surface area contributed by atoms with Gasteiger partial charge >= 0.3 is 0 Å². The second-order valence-corrected chi connectivity index (χ2v) is 8.24. The van der Waals surface area contributed by atoms with Crippen LogP contribution in [0.1, 0.15) is 10.4 Å². The first-order valence-electron chi connectivity index (χ1n) is 6.03. The van der Waals surface area contributed by atoms with Gasteiger partial charge in [0.1, 0.15) is 5.82 Å². The quantitative estimate of drug-likeness (QED) is 0.903. The number of nitrogens with two attached hydrogens (primary N) is 1. The van der Waals surface area contributed by atoms with Crippen LogP contribution in [0.4, 0.5) is 4.39 Å². The summed E-state index contributed by atoms with van der Waals surface area (Å²) < 4.78 is 40.2. The van der Waals surface area contributed by atoms with E-state index in [2.05, 4.69) is 0 Å². The predicted molar refractivity (Wildman–Crippen MR) is 82.3 cm³/mol. The van der Waals surface area contributed by atoms with Gasteiger partial charge in [0.15, 0.2) is 0 Å². The molecule has 0 spiro atoms. The lowest BCUT2D eigenvalue weighted by molar-refractivity contribution is 0.468. The molecule has 0 aliphatic rings. The smallest absolute Gasteiger partial charge is 0.243 e. The number of thiophene rings is 1. The van der Waals surface area contributed by atoms with E-state index in [0.717, 1.165) is 15.2 Å². The zero-order chi connectivity index (χ0) is 15.6. The summed E-state index contributed by atoms with van der Waals surface area (Å²) in [6.07, 6.45) is 0. The van der Waals surface area contributed by atoms with E-state index in [9.17, 15) is 12.8 Å². The average molecular weight is 349 g/mol. The Balaban J connectivity index is 2.35. The topological polar surface area (TPSA) is 63.4 Å². The van der Waals surface area contributed by atoms with Crippen molar-refractivity contribution in [2.75, 3.05) is 7.05 Å². The molecule has 2 N–H and O–H groups in total. The minimum absolute atomic E-state index is 0.0213. The minimum Gasteiger partial charge on any atom is -0.326 e. The molecule has 2 aromatic rings. The third kappa shape index (κ3) is 3.61. The highest BCUT2D eigenvalue weighted by Crippen LogP contribution is 2.26. The molecule has 0 fully saturated rings. The van der Waals surface area contributed by atoms with Crippen molar-refractivity contribution in [1.29, 1.82) is 0 Å². The highest BCUT2D eigenvalue weighted by molar-refractivity contribution is 7.89. The zero-order valence-corrected chi connectivity index (χ0v) is 13.6. The molecule has 1 aromatic carbocycles. The summed E-state index contributed by atoms with van der Waals surface area (Å²) in [5.41, 5.74) is 5.91. The summed E-state index contributed by atoms with van der Waals surface area (Å²) in [4.78, 5) is 0.701. The first-order valence-corrected chi connectivity index (χ1v) is 8.67. The molecule has 0 saturated heterocycles. The van der Waals surface area contributed by atoms with E-state index in [0.29, 0.717) is 9.90 Å². The van der Waals surface area contributed by atoms with E-state index in [1.807, 2.05) is 0 Å². The van der Waals surface area contributed by atoms with Crippen molar-refractivity contribution in [1.82, 2.24) is 4.31 Å². The standard InChI is InChI=1S/C13H14ClFN2O2S2/c1-17(8-11-4-5-13(14)20-11)21(18,19)12-6-10(15)3-2-9(12)7-16/h2-6H,7-8,16H2,1H3. The molecule has 114 valence electrons. The SMILES string of the molecule is CN(Cc1ccc(Cl)s1)S(=O)(=O)c1cc(F)ccc1CN. The van der Waals surface area contributed by atoms with Crippen LogP contribution in [0.5, 0.6) is 0 Å². The molecule has 0 unspecified atom stereocenters. The van der Waals surface area contributed by atoms with Crippen molar-refractivity contribution in [3.63, 3.8) is 0 Å². The van der Waals surface area contributed by atoms with Gasteiger partial charge in [0.05, 0.1) is 9.23 Å². The van der Waals surface area contributed by atoms with E-state index in [4.69, 9.17) is 17.3 Å². The molecule has 0 aliphatic carbocycles. The summed E-state index contributed by atoms with van der Waals surface area (Å²) in [7, 11) is -2.38. The Morgan fingerprint density at radius 1 is 1.33 bits per heavy atom. The van der Waals surface area contributed by atoms with Crippen molar-refractivity contribution < 1.29 is 12.8 Å². The van der Waals surface area contributed by atoms with Gasteiger partial charge in [-0.25, -0.2) is 12.8 Å². The molecule has 1 heterocycles. The Kier molecular flexibility index (Phi) is 5.00. The van der Waals surface area contributed by atoms with Crippen LogP contribution < -0.4 is 5.73 Å². The molecule has 1 aromatic heterocycles. The molecule has 2 rings (SSSR count). The Morgan fingerprint density at radius 3 is 2.62 bits per heavy atom. The fourth-order valence-corrected chi connectivity index (χ4v) is 4.46. The number of halogens is 2. The number of rotatable bonds is 5. The molecule has 0 saturated carbocycles. The third-order valence-electron chi connectivity index (χ3n) is 2.94. The van der Waals surface area contributed by atoms with Gasteiger partial charge < -0.3 is 5.73 Å². The van der Waals surface area contributed by atoms with Crippen molar-refractivity contribution in [2.24, 2.45) is 5.73 Å². The summed E-state index contributed by atoms with van der Waals surface area (Å²) in [6.45, 7) is 0.188. The monoisotopic (exact) mass is 348 g/mol. The molecular formula is C13H14ClFN2O2S2. The molecule has 0 bridgehead atoms. The van der Waals surface area contributed by atoms with E-state index in [1.54, 1.807) is 12.1 Å². The Morgan fingerprint density at radius 2 is 2.05 bits per heavy atom. The number of nitrogens with zero attached hydrogens (tertiary/aromatic N) is 1. The summed E-state index contributed by atoms with van der Waals surface area (Å²) in [6, 6.07) is 7.04. The molecule has 0 aliphatic heterocycles. The van der Waals surface area contributed by atoms with Crippen molar-refractivity contribution in [3.05, 3.63) is 50.9 Å². The largest absolute Gasteiger partial charge is 0.326 e. The van der Waals surface area contributed by atoms with E-state index in [-0.39, 0.29) is 18.0 Å². The Labute approximate surface area is 132 Å². The number of hydrogen-bond donors (Lipinski definition) is 1. The lowest BCUT2D eigenvalue weighted by atomic mass is 10.2. The molecule has 8 heteroatoms. The van der Waals surface area contributed by atoms with Gasteiger partial charge in [0.2, 0.25) is 10.0 Å². The highest BCUT2D eigenvalue weighted by Gasteiger charge is 2.24. The van der Waals surface area contributed by atoms with Gasteiger partial charge in [-0.15, -0.1) is 11.3 Å². The van der Waals surface area contributed by atoms with Crippen LogP contribution in [0.2, 0.25) is 4.34 Å². The summed E-state index contributed by atoms with van der Waals surface area (Å²) >= 11 is 7.13. The lowest BCUT2D eigenvalue weighted by Crippen LogP contribution is -2.27. The van der Waals surface area contributed by atoms with Crippen molar-refractivity contribution in [3.8, 4) is 0 Å². The van der Waals surface area contributed by atoms with Crippen LogP contribution in [0.25, 0.3) is 0 Å². The maximum atomic E-state index is 13.4. The Hall–Kier alpha value is -0.990. The first kappa shape index (κ1) is 16.4. The van der Waals surface area contributed by atoms with Crippen LogP contribution in [0.15, 0.2) is 35.2 Å². The molecule has 0 amide bonds. The molecular weight excluding hydrogens is 335 g/mol. The van der Waals surface area contributed by atoms with Gasteiger partial charge in [-0.3, -0.25) is 0 Å². The molecule has 4 nitrogen and oxygen atoms in total. The van der Waals surface area contributed by atoms with Crippen LogP contribution in [-0.2, 0) is 23.1 Å². The maximum absolute atomic E-state index is 13.4. The third-order valence-corrected chi connectivity index (χ3v) is 6.05. The van der Waals surface area contributed by atoms with Crippen LogP contribution >= 0.6 is 22.9 Å². The van der Waals surface area contributed by atoms with Gasteiger partial charge in [0.25, 0.3) is 0 Å². The number of sulfonamides is 1. The number of hydrogen-bond acceptors (Lipinski definition) is 4. The zero-order valence-electron chi connectivity index (χ0n) is 11.2. The maximum Gasteiger partial charge on any atom is 0.243 e. The van der Waals surface area contributed by atoms with E-state index >= 15 is 0 Å². The van der Waals surface area contributed by atoms with Gasteiger partial charge in [-0.2, -0.15) is 4.31 Å². The second kappa shape index (κ2) is 6.41.